The quantitative estimate of drug-likeness (QED) is 0.681. The molecule has 0 radical (unpaired) electrons. The molecule has 6 nitrogen and oxygen atoms in total. The molecule has 0 unspecified atom stereocenters. The Hall–Kier alpha value is -2.21. The second kappa shape index (κ2) is 4.66. The first-order chi connectivity index (χ1) is 10.3. The third kappa shape index (κ3) is 1.79. The van der Waals surface area contributed by atoms with Gasteiger partial charge in [0.15, 0.2) is 5.65 Å². The van der Waals surface area contributed by atoms with E-state index in [-0.39, 0.29) is 11.7 Å². The van der Waals surface area contributed by atoms with Gasteiger partial charge in [-0.2, -0.15) is 0 Å². The van der Waals surface area contributed by atoms with Crippen molar-refractivity contribution in [2.45, 2.75) is 18.9 Å². The molecular weight excluding hydrogens is 268 g/mol. The summed E-state index contributed by atoms with van der Waals surface area (Å²) in [4.78, 5) is 12.6. The zero-order valence-corrected chi connectivity index (χ0v) is 11.8. The molecule has 0 spiro atoms. The second-order valence-corrected chi connectivity index (χ2v) is 5.44. The van der Waals surface area contributed by atoms with Crippen LogP contribution in [0.4, 0.5) is 0 Å². The summed E-state index contributed by atoms with van der Waals surface area (Å²) in [5.41, 5.74) is 2.32. The molecular formula is C15H16N4O2. The Morgan fingerprint density at radius 1 is 1.19 bits per heavy atom. The van der Waals surface area contributed by atoms with Crippen molar-refractivity contribution in [1.82, 2.24) is 19.3 Å². The number of aromatic nitrogens is 4. The summed E-state index contributed by atoms with van der Waals surface area (Å²) in [6, 6.07) is 8.00. The van der Waals surface area contributed by atoms with Crippen LogP contribution in [0.2, 0.25) is 0 Å². The summed E-state index contributed by atoms with van der Waals surface area (Å²) in [6.45, 7) is 1.40. The van der Waals surface area contributed by atoms with Gasteiger partial charge in [0.2, 0.25) is 0 Å². The predicted molar refractivity (Wildman–Crippen MR) is 79.4 cm³/mol. The van der Waals surface area contributed by atoms with Gasteiger partial charge < -0.3 is 4.74 Å². The molecule has 1 aromatic carbocycles. The van der Waals surface area contributed by atoms with Crippen LogP contribution < -0.4 is 5.69 Å². The maximum Gasteiger partial charge on any atom is 0.330 e. The molecule has 6 heteroatoms. The van der Waals surface area contributed by atoms with E-state index >= 15 is 0 Å². The number of hydrogen-bond acceptors (Lipinski definition) is 4. The van der Waals surface area contributed by atoms with Crippen LogP contribution in [0.5, 0.6) is 0 Å². The lowest BCUT2D eigenvalue weighted by atomic mass is 10.1. The molecule has 1 saturated heterocycles. The van der Waals surface area contributed by atoms with Gasteiger partial charge in [-0.3, -0.25) is 9.13 Å². The highest BCUT2D eigenvalue weighted by Gasteiger charge is 2.23. The lowest BCUT2D eigenvalue weighted by Crippen LogP contribution is -2.29. The van der Waals surface area contributed by atoms with Crippen molar-refractivity contribution in [2.24, 2.45) is 7.05 Å². The molecule has 0 aliphatic carbocycles. The van der Waals surface area contributed by atoms with Gasteiger partial charge in [0, 0.05) is 31.7 Å². The van der Waals surface area contributed by atoms with Crippen molar-refractivity contribution >= 4 is 22.1 Å². The lowest BCUT2D eigenvalue weighted by Gasteiger charge is -2.23. The Morgan fingerprint density at radius 2 is 1.95 bits per heavy atom. The van der Waals surface area contributed by atoms with Gasteiger partial charge in [-0.05, 0) is 18.9 Å². The number of nitrogens with zero attached hydrogens (tertiary/aromatic N) is 4. The van der Waals surface area contributed by atoms with Crippen molar-refractivity contribution in [1.29, 1.82) is 0 Å². The molecule has 0 N–H and O–H groups in total. The van der Waals surface area contributed by atoms with E-state index in [1.54, 1.807) is 11.6 Å². The molecule has 4 rings (SSSR count). The first-order valence-corrected chi connectivity index (χ1v) is 7.17. The number of fused-ring (bicyclic) bond motifs is 3. The molecule has 0 atom stereocenters. The first-order valence-electron chi connectivity index (χ1n) is 7.17. The third-order valence-electron chi connectivity index (χ3n) is 4.23. The average Bonchev–Trinajstić information content (AvgIpc) is 2.80. The Bertz CT molecular complexity index is 874. The van der Waals surface area contributed by atoms with Gasteiger partial charge in [0.1, 0.15) is 5.52 Å². The van der Waals surface area contributed by atoms with E-state index in [1.807, 2.05) is 28.8 Å². The molecule has 0 saturated carbocycles. The normalized spacial score (nSPS) is 16.8. The van der Waals surface area contributed by atoms with Crippen molar-refractivity contribution in [2.75, 3.05) is 13.2 Å². The highest BCUT2D eigenvalue weighted by Crippen LogP contribution is 2.27. The lowest BCUT2D eigenvalue weighted by molar-refractivity contribution is 0.0697. The van der Waals surface area contributed by atoms with Crippen molar-refractivity contribution in [3.8, 4) is 0 Å². The molecule has 3 aromatic rings. The molecule has 3 heterocycles. The fourth-order valence-corrected chi connectivity index (χ4v) is 3.12. The molecule has 108 valence electrons. The maximum absolute atomic E-state index is 12.6. The van der Waals surface area contributed by atoms with Crippen molar-refractivity contribution in [3.63, 3.8) is 0 Å². The number of aryl methyl sites for hydroxylation is 1. The highest BCUT2D eigenvalue weighted by atomic mass is 16.5. The van der Waals surface area contributed by atoms with Crippen LogP contribution in [0.1, 0.15) is 18.9 Å². The summed E-state index contributed by atoms with van der Waals surface area (Å²) < 4.78 is 8.89. The Labute approximate surface area is 121 Å². The number of imidazole rings is 1. The van der Waals surface area contributed by atoms with Gasteiger partial charge in [-0.25, -0.2) is 4.79 Å². The van der Waals surface area contributed by atoms with Crippen molar-refractivity contribution in [3.05, 3.63) is 34.7 Å². The summed E-state index contributed by atoms with van der Waals surface area (Å²) in [5.74, 6) is 0. The van der Waals surface area contributed by atoms with Crippen LogP contribution in [-0.2, 0) is 11.8 Å². The fourth-order valence-electron chi connectivity index (χ4n) is 3.12. The van der Waals surface area contributed by atoms with Crippen LogP contribution in [-0.4, -0.2) is 32.5 Å². The maximum atomic E-state index is 12.6. The number of rotatable bonds is 1. The van der Waals surface area contributed by atoms with Gasteiger partial charge in [0.05, 0.1) is 5.52 Å². The van der Waals surface area contributed by atoms with E-state index in [1.165, 1.54) is 0 Å². The Kier molecular flexibility index (Phi) is 2.78. The zero-order valence-electron chi connectivity index (χ0n) is 11.8. The number of benzene rings is 1. The monoisotopic (exact) mass is 284 g/mol. The van der Waals surface area contributed by atoms with Gasteiger partial charge >= 0.3 is 5.69 Å². The number of ether oxygens (including phenoxy) is 1. The summed E-state index contributed by atoms with van der Waals surface area (Å²) in [5, 5.41) is 9.45. The number of hydrogen-bond donors (Lipinski definition) is 0. The van der Waals surface area contributed by atoms with E-state index in [0.717, 1.165) is 29.3 Å². The molecule has 1 aliphatic rings. The van der Waals surface area contributed by atoms with E-state index in [4.69, 9.17) is 4.74 Å². The molecule has 0 amide bonds. The molecule has 0 bridgehead atoms. The SMILES string of the molecule is Cn1c(=O)n(C2CCOCC2)c2c3ccccc3nnc21. The van der Waals surface area contributed by atoms with Gasteiger partial charge in [-0.15, -0.1) is 10.2 Å². The van der Waals surface area contributed by atoms with Crippen LogP contribution in [0.15, 0.2) is 29.1 Å². The molecule has 2 aromatic heterocycles. The van der Waals surface area contributed by atoms with Crippen LogP contribution >= 0.6 is 0 Å². The van der Waals surface area contributed by atoms with Crippen LogP contribution in [0.25, 0.3) is 22.1 Å². The zero-order chi connectivity index (χ0) is 14.4. The Balaban J connectivity index is 2.10. The standard InChI is InChI=1S/C15H16N4O2/c1-18-14-13(11-4-2-3-5-12(11)16-17-14)19(15(18)20)10-6-8-21-9-7-10/h2-5,10H,6-9H2,1H3. The van der Waals surface area contributed by atoms with Gasteiger partial charge in [-0.1, -0.05) is 18.2 Å². The van der Waals surface area contributed by atoms with Gasteiger partial charge in [0.25, 0.3) is 0 Å². The summed E-state index contributed by atoms with van der Waals surface area (Å²) in [6.07, 6.45) is 1.71. The molecule has 21 heavy (non-hydrogen) atoms. The van der Waals surface area contributed by atoms with E-state index in [9.17, 15) is 4.79 Å². The average molecular weight is 284 g/mol. The second-order valence-electron chi connectivity index (χ2n) is 5.44. The van der Waals surface area contributed by atoms with E-state index in [2.05, 4.69) is 10.2 Å². The minimum Gasteiger partial charge on any atom is -0.381 e. The summed E-state index contributed by atoms with van der Waals surface area (Å²) in [7, 11) is 1.75. The molecule has 1 aliphatic heterocycles. The first kappa shape index (κ1) is 12.5. The van der Waals surface area contributed by atoms with E-state index in [0.29, 0.717) is 18.9 Å². The smallest absolute Gasteiger partial charge is 0.330 e. The van der Waals surface area contributed by atoms with Crippen molar-refractivity contribution < 1.29 is 4.74 Å². The van der Waals surface area contributed by atoms with Crippen LogP contribution in [0, 0.1) is 0 Å². The highest BCUT2D eigenvalue weighted by molar-refractivity contribution is 6.00. The minimum atomic E-state index is -0.0254. The van der Waals surface area contributed by atoms with Crippen LogP contribution in [0.3, 0.4) is 0 Å². The Morgan fingerprint density at radius 3 is 2.76 bits per heavy atom. The minimum absolute atomic E-state index is 0.0254. The van der Waals surface area contributed by atoms with E-state index < -0.39 is 0 Å². The molecule has 1 fully saturated rings. The largest absolute Gasteiger partial charge is 0.381 e. The third-order valence-corrected chi connectivity index (χ3v) is 4.23. The fraction of sp³-hybridized carbons (Fsp3) is 0.400. The summed E-state index contributed by atoms with van der Waals surface area (Å²) >= 11 is 0. The topological polar surface area (TPSA) is 61.9 Å². The predicted octanol–water partition coefficient (Wildman–Crippen LogP) is 1.63.